The summed E-state index contributed by atoms with van der Waals surface area (Å²) in [5, 5.41) is 39.1. The molecule has 2 aromatic carbocycles. The van der Waals surface area contributed by atoms with Gasteiger partial charge in [0.25, 0.3) is 0 Å². The van der Waals surface area contributed by atoms with Gasteiger partial charge in [-0.1, -0.05) is 44.2 Å². The average molecular weight is 795 g/mol. The van der Waals surface area contributed by atoms with Crippen LogP contribution in [0.4, 0.5) is 5.69 Å². The Balaban J connectivity index is 1.32. The van der Waals surface area contributed by atoms with E-state index in [9.17, 15) is 20.1 Å². The molecular weight excluding hydrogens is 737 g/mol. The van der Waals surface area contributed by atoms with E-state index in [0.717, 1.165) is 46.5 Å². The first kappa shape index (κ1) is 38.3. The van der Waals surface area contributed by atoms with Crippen LogP contribution >= 0.6 is 0 Å². The van der Waals surface area contributed by atoms with Crippen LogP contribution < -0.4 is 9.64 Å². The average Bonchev–Trinajstić information content (AvgIpc) is 3.49. The van der Waals surface area contributed by atoms with Gasteiger partial charge in [0.05, 0.1) is 32.5 Å². The molecule has 58 heavy (non-hydrogen) atoms. The molecule has 10 rings (SSSR count). The normalized spacial score (nSPS) is 41.9. The van der Waals surface area contributed by atoms with Crippen LogP contribution in [0.15, 0.2) is 48.6 Å². The number of likely N-dealkylation sites (N-methyl/N-ethyl adjacent to an activating group) is 1. The molecule has 2 saturated carbocycles. The number of nitrogens with one attached hydrogen (secondary N) is 1. The molecule has 1 aromatic heterocycles. The van der Waals surface area contributed by atoms with E-state index in [0.29, 0.717) is 69.5 Å². The summed E-state index contributed by atoms with van der Waals surface area (Å²) in [6.45, 7) is 9.38. The standard InChI is InChI=1S/C46H58N4O8/c1-8-42(54)24-41-23-34(41)45(38(52)57-6,35-28(15-19-49(25-41)26-42)27-13-10-11-14-31(27)47-35)30-21-29-32(22-33(30)56-5)48(4)40(3)44(29)17-20-50-18-12-16-43(9-2,36(44)50)37(51)46(40,55)39(53)58-7/h10-14,16,21-22,34,36-37,47,51,54-55H,8-9,15,17-20,23-26H2,1-7H3/t34-,36?,37-,40-,41?,42+,43-,44-,45-,46+/m1/s1. The predicted octanol–water partition coefficient (Wildman–Crippen LogP) is 3.81. The van der Waals surface area contributed by atoms with Gasteiger partial charge in [-0.2, -0.15) is 0 Å². The van der Waals surface area contributed by atoms with Gasteiger partial charge in [-0.3, -0.25) is 14.6 Å². The summed E-state index contributed by atoms with van der Waals surface area (Å²) in [4.78, 5) is 40.4. The molecule has 2 bridgehead atoms. The van der Waals surface area contributed by atoms with E-state index in [2.05, 4.69) is 39.1 Å². The molecule has 11 atom stereocenters. The molecule has 2 aliphatic carbocycles. The van der Waals surface area contributed by atoms with Crippen LogP contribution in [0, 0.1) is 16.7 Å². The van der Waals surface area contributed by atoms with Gasteiger partial charge < -0.3 is 39.4 Å². The number of esters is 2. The highest BCUT2D eigenvalue weighted by atomic mass is 16.5. The van der Waals surface area contributed by atoms with Gasteiger partial charge in [0.1, 0.15) is 17.3 Å². The minimum Gasteiger partial charge on any atom is -0.496 e. The third kappa shape index (κ3) is 4.09. The van der Waals surface area contributed by atoms with Crippen molar-refractivity contribution in [1.29, 1.82) is 0 Å². The number of hydrogen-bond acceptors (Lipinski definition) is 11. The van der Waals surface area contributed by atoms with Crippen molar-refractivity contribution in [3.8, 4) is 5.75 Å². The number of carbonyl (C=O) groups is 2. The summed E-state index contributed by atoms with van der Waals surface area (Å²) in [6.07, 6.45) is 6.18. The third-order valence-corrected chi connectivity index (χ3v) is 17.3. The molecule has 3 aromatic rings. The molecule has 7 aliphatic rings. The van der Waals surface area contributed by atoms with Crippen LogP contribution in [0.2, 0.25) is 0 Å². The number of anilines is 1. The largest absolute Gasteiger partial charge is 0.496 e. The molecule has 4 N–H and O–H groups in total. The fourth-order valence-electron chi connectivity index (χ4n) is 14.6. The highest BCUT2D eigenvalue weighted by molar-refractivity contribution is 5.96. The first-order valence-corrected chi connectivity index (χ1v) is 21.2. The minimum absolute atomic E-state index is 0.263. The Morgan fingerprint density at radius 1 is 0.983 bits per heavy atom. The zero-order valence-electron chi connectivity index (χ0n) is 34.9. The van der Waals surface area contributed by atoms with Gasteiger partial charge >= 0.3 is 11.9 Å². The van der Waals surface area contributed by atoms with Crippen molar-refractivity contribution in [2.75, 3.05) is 66.0 Å². The van der Waals surface area contributed by atoms with Crippen LogP contribution in [0.3, 0.4) is 0 Å². The van der Waals surface area contributed by atoms with Crippen molar-refractivity contribution in [3.63, 3.8) is 0 Å². The Kier molecular flexibility index (Phi) is 7.98. The van der Waals surface area contributed by atoms with Crippen molar-refractivity contribution >= 4 is 28.5 Å². The lowest BCUT2D eigenvalue weighted by atomic mass is 9.43. The second kappa shape index (κ2) is 12.1. The topological polar surface area (TPSA) is 148 Å². The van der Waals surface area contributed by atoms with Crippen molar-refractivity contribution in [2.45, 2.75) is 99.0 Å². The number of hydrogen-bond donors (Lipinski definition) is 4. The number of aromatic nitrogens is 1. The second-order valence-corrected chi connectivity index (χ2v) is 19.0. The molecule has 3 unspecified atom stereocenters. The number of rotatable bonds is 6. The molecule has 2 spiro atoms. The lowest BCUT2D eigenvalue weighted by molar-refractivity contribution is -0.236. The summed E-state index contributed by atoms with van der Waals surface area (Å²) in [7, 11) is 6.24. The number of methoxy groups -OCH3 is 3. The zero-order chi connectivity index (χ0) is 41.0. The van der Waals surface area contributed by atoms with Crippen molar-refractivity contribution in [2.24, 2.45) is 16.7 Å². The van der Waals surface area contributed by atoms with Crippen molar-refractivity contribution in [1.82, 2.24) is 14.8 Å². The summed E-state index contributed by atoms with van der Waals surface area (Å²) < 4.78 is 17.9. The third-order valence-electron chi connectivity index (χ3n) is 17.3. The monoisotopic (exact) mass is 794 g/mol. The molecule has 2 saturated heterocycles. The first-order valence-electron chi connectivity index (χ1n) is 21.2. The number of H-pyrrole nitrogens is 1. The molecule has 4 fully saturated rings. The van der Waals surface area contributed by atoms with Gasteiger partial charge in [-0.05, 0) is 86.6 Å². The fourth-order valence-corrected chi connectivity index (χ4v) is 14.6. The van der Waals surface area contributed by atoms with Gasteiger partial charge in [-0.15, -0.1) is 0 Å². The van der Waals surface area contributed by atoms with Gasteiger partial charge in [-0.25, -0.2) is 4.79 Å². The smallest absolute Gasteiger partial charge is 0.343 e. The molecule has 0 amide bonds. The second-order valence-electron chi connectivity index (χ2n) is 19.0. The van der Waals surface area contributed by atoms with Crippen LogP contribution in [-0.4, -0.2) is 132 Å². The number of fused-ring (bicyclic) bond motifs is 5. The molecule has 5 aliphatic heterocycles. The maximum Gasteiger partial charge on any atom is 0.343 e. The molecule has 12 heteroatoms. The number of nitrogens with zero attached hydrogens (tertiary/aromatic N) is 3. The van der Waals surface area contributed by atoms with Crippen LogP contribution in [-0.2, 0) is 36.3 Å². The van der Waals surface area contributed by atoms with Crippen LogP contribution in [0.5, 0.6) is 5.75 Å². The van der Waals surface area contributed by atoms with E-state index in [1.54, 1.807) is 7.11 Å². The number of carbonyl (C=O) groups excluding carboxylic acids is 2. The van der Waals surface area contributed by atoms with E-state index in [-0.39, 0.29) is 17.4 Å². The van der Waals surface area contributed by atoms with Gasteiger partial charge in [0.2, 0.25) is 5.60 Å². The van der Waals surface area contributed by atoms with Crippen LogP contribution in [0.25, 0.3) is 10.9 Å². The number of aliphatic hydroxyl groups is 3. The number of para-hydroxylation sites is 1. The predicted molar refractivity (Wildman–Crippen MR) is 218 cm³/mol. The van der Waals surface area contributed by atoms with E-state index in [4.69, 9.17) is 14.2 Å². The molecule has 6 heterocycles. The summed E-state index contributed by atoms with van der Waals surface area (Å²) >= 11 is 0. The molecule has 12 nitrogen and oxygen atoms in total. The quantitative estimate of drug-likeness (QED) is 0.214. The Bertz CT molecular complexity index is 2290. The summed E-state index contributed by atoms with van der Waals surface area (Å²) in [5.41, 5.74) is -3.26. The lowest BCUT2D eigenvalue weighted by Crippen LogP contribution is -2.86. The maximum absolute atomic E-state index is 15.5. The van der Waals surface area contributed by atoms with Gasteiger partial charge in [0.15, 0.2) is 0 Å². The van der Waals surface area contributed by atoms with E-state index >= 15 is 4.79 Å². The number of ether oxygens (including phenoxy) is 3. The Hall–Kier alpha value is -3.94. The van der Waals surface area contributed by atoms with E-state index in [1.807, 2.05) is 57.0 Å². The van der Waals surface area contributed by atoms with Crippen LogP contribution in [0.1, 0.15) is 75.3 Å². The Labute approximate surface area is 340 Å². The maximum atomic E-state index is 15.5. The number of aliphatic hydroxyl groups excluding tert-OH is 1. The van der Waals surface area contributed by atoms with Gasteiger partial charge in [0, 0.05) is 84.0 Å². The first-order chi connectivity index (χ1) is 27.7. The highest BCUT2D eigenvalue weighted by Crippen LogP contribution is 2.74. The SMILES string of the molecule is CC[C@@]1(O)CN2CCc3c([nH]c4ccccc34)[C@@](C(=O)OC)(c3cc4c(cc3OC)N(C)[C@@]3(C)[C@@](O)(C(=O)OC)[C@H](O)[C@]5(CC)C=CCN6CC[C@]43C65)[C@@H]3CC3(C2)C1. The molecular formula is C46H58N4O8. The fraction of sp³-hybridized carbons (Fsp3) is 0.609. The van der Waals surface area contributed by atoms with Crippen molar-refractivity contribution < 1.29 is 39.1 Å². The summed E-state index contributed by atoms with van der Waals surface area (Å²) in [5.74, 6) is -1.05. The molecule has 310 valence electrons. The minimum atomic E-state index is -2.35. The van der Waals surface area contributed by atoms with E-state index in [1.165, 1.54) is 14.2 Å². The number of benzene rings is 2. The van der Waals surface area contributed by atoms with Crippen molar-refractivity contribution in [3.05, 3.63) is 70.9 Å². The number of aromatic amines is 1. The highest BCUT2D eigenvalue weighted by Gasteiger charge is 2.84. The molecule has 0 radical (unpaired) electrons. The Morgan fingerprint density at radius 3 is 2.45 bits per heavy atom. The Morgan fingerprint density at radius 2 is 1.74 bits per heavy atom. The lowest BCUT2D eigenvalue weighted by Gasteiger charge is -2.67. The number of piperidine rings is 1. The summed E-state index contributed by atoms with van der Waals surface area (Å²) in [6, 6.07) is 12.0. The zero-order valence-corrected chi connectivity index (χ0v) is 34.9. The van der Waals surface area contributed by atoms with E-state index < -0.39 is 51.0 Å².